The van der Waals surface area contributed by atoms with Crippen molar-refractivity contribution in [1.82, 2.24) is 4.57 Å². The maximum atomic E-state index is 13.4. The lowest BCUT2D eigenvalue weighted by molar-refractivity contribution is 0.629. The zero-order valence-electron chi connectivity index (χ0n) is 8.87. The Hall–Kier alpha value is -1.48. The van der Waals surface area contributed by atoms with Crippen molar-refractivity contribution >= 4 is 17.3 Å². The van der Waals surface area contributed by atoms with E-state index in [1.807, 2.05) is 29.9 Å². The zero-order valence-corrected chi connectivity index (χ0v) is 9.63. The minimum atomic E-state index is -0.332. The number of rotatable bonds is 3. The van der Waals surface area contributed by atoms with Gasteiger partial charge in [-0.2, -0.15) is 0 Å². The largest absolute Gasteiger partial charge is 0.376 e. The number of nitrogens with zero attached hydrogens (tertiary/aromatic N) is 1. The summed E-state index contributed by atoms with van der Waals surface area (Å²) in [6, 6.07) is 8.56. The lowest BCUT2D eigenvalue weighted by Gasteiger charge is -2.09. The number of hydrogen-bond acceptors (Lipinski definition) is 1. The van der Waals surface area contributed by atoms with Gasteiger partial charge < -0.3 is 9.88 Å². The summed E-state index contributed by atoms with van der Waals surface area (Å²) in [4.78, 5) is 0. The molecule has 4 heteroatoms. The molecule has 16 heavy (non-hydrogen) atoms. The lowest BCUT2D eigenvalue weighted by atomic mass is 10.3. The molecule has 0 aliphatic carbocycles. The van der Waals surface area contributed by atoms with Crippen LogP contribution in [0.3, 0.4) is 0 Å². The summed E-state index contributed by atoms with van der Waals surface area (Å²) < 4.78 is 15.4. The molecule has 1 N–H and O–H groups in total. The molecule has 84 valence electrons. The molecule has 1 aromatic carbocycles. The monoisotopic (exact) mass is 238 g/mol. The van der Waals surface area contributed by atoms with Crippen LogP contribution in [0.2, 0.25) is 5.02 Å². The second-order valence-corrected chi connectivity index (χ2v) is 3.97. The molecule has 0 amide bonds. The Labute approximate surface area is 98.7 Å². The van der Waals surface area contributed by atoms with Crippen LogP contribution >= 0.6 is 11.6 Å². The van der Waals surface area contributed by atoms with Gasteiger partial charge in [0.05, 0.1) is 17.3 Å². The number of anilines is 1. The molecule has 2 rings (SSSR count). The highest BCUT2D eigenvalue weighted by molar-refractivity contribution is 6.33. The van der Waals surface area contributed by atoms with Crippen LogP contribution in [0.4, 0.5) is 10.1 Å². The van der Waals surface area contributed by atoms with Gasteiger partial charge in [0.15, 0.2) is 0 Å². The van der Waals surface area contributed by atoms with Crippen molar-refractivity contribution in [1.29, 1.82) is 0 Å². The number of para-hydroxylation sites is 1. The Bertz CT molecular complexity index is 473. The zero-order chi connectivity index (χ0) is 11.5. The van der Waals surface area contributed by atoms with Crippen molar-refractivity contribution in [3.05, 3.63) is 53.1 Å². The second-order valence-electron chi connectivity index (χ2n) is 3.56. The molecule has 0 aliphatic rings. The van der Waals surface area contributed by atoms with Gasteiger partial charge in [0.1, 0.15) is 5.82 Å². The summed E-state index contributed by atoms with van der Waals surface area (Å²) in [5, 5.41) is 3.39. The van der Waals surface area contributed by atoms with Crippen molar-refractivity contribution in [2.75, 3.05) is 5.32 Å². The van der Waals surface area contributed by atoms with Gasteiger partial charge in [-0.25, -0.2) is 4.39 Å². The molecule has 2 nitrogen and oxygen atoms in total. The Balaban J connectivity index is 2.14. The van der Waals surface area contributed by atoms with Gasteiger partial charge >= 0.3 is 0 Å². The molecule has 1 heterocycles. The van der Waals surface area contributed by atoms with E-state index in [4.69, 9.17) is 11.6 Å². The van der Waals surface area contributed by atoms with Crippen LogP contribution in [0.5, 0.6) is 0 Å². The third-order valence-corrected chi connectivity index (χ3v) is 2.78. The third kappa shape index (κ3) is 2.19. The Morgan fingerprint density at radius 1 is 1.31 bits per heavy atom. The SMILES string of the molecule is Cn1cccc1CNc1c(F)cccc1Cl. The molecule has 0 spiro atoms. The van der Waals surface area contributed by atoms with E-state index in [9.17, 15) is 4.39 Å². The molecule has 0 radical (unpaired) electrons. The minimum Gasteiger partial charge on any atom is -0.376 e. The van der Waals surface area contributed by atoms with Crippen molar-refractivity contribution in [3.63, 3.8) is 0 Å². The van der Waals surface area contributed by atoms with E-state index in [2.05, 4.69) is 5.32 Å². The summed E-state index contributed by atoms with van der Waals surface area (Å²) >= 11 is 5.90. The number of aromatic nitrogens is 1. The standard InChI is InChI=1S/C12H12ClFN2/c1-16-7-3-4-9(16)8-15-12-10(13)5-2-6-11(12)14/h2-7,15H,8H2,1H3. The summed E-state index contributed by atoms with van der Waals surface area (Å²) in [5.41, 5.74) is 1.42. The Morgan fingerprint density at radius 3 is 2.75 bits per heavy atom. The lowest BCUT2D eigenvalue weighted by Crippen LogP contribution is -2.05. The van der Waals surface area contributed by atoms with Crippen molar-refractivity contribution < 1.29 is 4.39 Å². The molecule has 0 atom stereocenters. The van der Waals surface area contributed by atoms with E-state index in [1.54, 1.807) is 12.1 Å². The van der Waals surface area contributed by atoms with Crippen LogP contribution in [0.25, 0.3) is 0 Å². The fourth-order valence-electron chi connectivity index (χ4n) is 1.53. The predicted octanol–water partition coefficient (Wildman–Crippen LogP) is 3.43. The molecule has 1 aromatic heterocycles. The Kier molecular flexibility index (Phi) is 3.15. The number of nitrogens with one attached hydrogen (secondary N) is 1. The van der Waals surface area contributed by atoms with Gasteiger partial charge in [0.25, 0.3) is 0 Å². The Morgan fingerprint density at radius 2 is 2.12 bits per heavy atom. The molecule has 0 bridgehead atoms. The van der Waals surface area contributed by atoms with E-state index in [-0.39, 0.29) is 5.82 Å². The molecule has 0 aliphatic heterocycles. The number of benzene rings is 1. The summed E-state index contributed by atoms with van der Waals surface area (Å²) in [5.74, 6) is -0.332. The first-order valence-electron chi connectivity index (χ1n) is 4.96. The van der Waals surface area contributed by atoms with Gasteiger partial charge in [-0.3, -0.25) is 0 Å². The van der Waals surface area contributed by atoms with Crippen molar-refractivity contribution in [2.45, 2.75) is 6.54 Å². The number of hydrogen-bond donors (Lipinski definition) is 1. The predicted molar refractivity (Wildman–Crippen MR) is 64.1 cm³/mol. The average Bonchev–Trinajstić information content (AvgIpc) is 2.64. The maximum Gasteiger partial charge on any atom is 0.147 e. The fraction of sp³-hybridized carbons (Fsp3) is 0.167. The normalized spacial score (nSPS) is 10.4. The first-order valence-corrected chi connectivity index (χ1v) is 5.34. The number of halogens is 2. The van der Waals surface area contributed by atoms with Gasteiger partial charge in [0.2, 0.25) is 0 Å². The van der Waals surface area contributed by atoms with Crippen LogP contribution in [0.1, 0.15) is 5.69 Å². The third-order valence-electron chi connectivity index (χ3n) is 2.46. The van der Waals surface area contributed by atoms with E-state index in [0.717, 1.165) is 5.69 Å². The van der Waals surface area contributed by atoms with Crippen LogP contribution in [-0.2, 0) is 13.6 Å². The average molecular weight is 239 g/mol. The molecule has 2 aromatic rings. The van der Waals surface area contributed by atoms with Gasteiger partial charge in [-0.15, -0.1) is 0 Å². The van der Waals surface area contributed by atoms with E-state index in [0.29, 0.717) is 17.3 Å². The van der Waals surface area contributed by atoms with Crippen LogP contribution in [0.15, 0.2) is 36.5 Å². The van der Waals surface area contributed by atoms with Gasteiger partial charge in [0, 0.05) is 18.9 Å². The highest BCUT2D eigenvalue weighted by atomic mass is 35.5. The maximum absolute atomic E-state index is 13.4. The molecule has 0 fully saturated rings. The fourth-order valence-corrected chi connectivity index (χ4v) is 1.76. The molecular weight excluding hydrogens is 227 g/mol. The molecular formula is C12H12ClFN2. The topological polar surface area (TPSA) is 17.0 Å². The first-order chi connectivity index (χ1) is 7.68. The quantitative estimate of drug-likeness (QED) is 0.867. The number of aryl methyl sites for hydroxylation is 1. The summed E-state index contributed by atoms with van der Waals surface area (Å²) in [6.45, 7) is 0.546. The van der Waals surface area contributed by atoms with E-state index in [1.165, 1.54) is 6.07 Å². The summed E-state index contributed by atoms with van der Waals surface area (Å²) in [7, 11) is 1.94. The van der Waals surface area contributed by atoms with Gasteiger partial charge in [-0.1, -0.05) is 17.7 Å². The second kappa shape index (κ2) is 4.58. The first kappa shape index (κ1) is 11.0. The van der Waals surface area contributed by atoms with Crippen LogP contribution in [-0.4, -0.2) is 4.57 Å². The highest BCUT2D eigenvalue weighted by Crippen LogP contribution is 2.24. The van der Waals surface area contributed by atoms with Crippen LogP contribution in [0, 0.1) is 5.82 Å². The molecule has 0 saturated heterocycles. The summed E-state index contributed by atoms with van der Waals surface area (Å²) in [6.07, 6.45) is 1.94. The van der Waals surface area contributed by atoms with E-state index >= 15 is 0 Å². The molecule has 0 unspecified atom stereocenters. The van der Waals surface area contributed by atoms with Crippen molar-refractivity contribution in [3.8, 4) is 0 Å². The molecule has 0 saturated carbocycles. The van der Waals surface area contributed by atoms with E-state index < -0.39 is 0 Å². The minimum absolute atomic E-state index is 0.332. The van der Waals surface area contributed by atoms with Crippen LogP contribution < -0.4 is 5.32 Å². The van der Waals surface area contributed by atoms with Crippen molar-refractivity contribution in [2.24, 2.45) is 7.05 Å². The smallest absolute Gasteiger partial charge is 0.147 e. The van der Waals surface area contributed by atoms with Gasteiger partial charge in [-0.05, 0) is 24.3 Å². The highest BCUT2D eigenvalue weighted by Gasteiger charge is 2.06.